The Hall–Kier alpha value is -2.17. The quantitative estimate of drug-likeness (QED) is 0.590. The zero-order chi connectivity index (χ0) is 13.7. The van der Waals surface area contributed by atoms with E-state index in [-0.39, 0.29) is 5.78 Å². The second-order valence-corrected chi connectivity index (χ2v) is 4.32. The van der Waals surface area contributed by atoms with E-state index in [1.807, 2.05) is 37.3 Å². The first-order chi connectivity index (χ1) is 9.18. The molecule has 0 bridgehead atoms. The van der Waals surface area contributed by atoms with E-state index in [1.165, 1.54) is 6.92 Å². The van der Waals surface area contributed by atoms with Crippen LogP contribution in [0.4, 0.5) is 0 Å². The fraction of sp³-hybridized carbons (Fsp3) is 0.357. The summed E-state index contributed by atoms with van der Waals surface area (Å²) in [5, 5.41) is 7.85. The lowest BCUT2D eigenvalue weighted by atomic mass is 10.2. The Labute approximate surface area is 112 Å². The molecule has 0 aliphatic carbocycles. The number of para-hydroxylation sites is 1. The van der Waals surface area contributed by atoms with Gasteiger partial charge in [0.05, 0.1) is 12.3 Å². The first-order valence-corrected chi connectivity index (χ1v) is 6.27. The van der Waals surface area contributed by atoms with Gasteiger partial charge in [0.15, 0.2) is 11.5 Å². The topological polar surface area (TPSA) is 57.0 Å². The van der Waals surface area contributed by atoms with Crippen molar-refractivity contribution in [2.45, 2.75) is 26.8 Å². The van der Waals surface area contributed by atoms with Crippen LogP contribution in [0.5, 0.6) is 5.75 Å². The van der Waals surface area contributed by atoms with E-state index in [0.717, 1.165) is 17.9 Å². The molecule has 0 fully saturated rings. The molecule has 0 spiro atoms. The normalized spacial score (nSPS) is 10.4. The van der Waals surface area contributed by atoms with Crippen LogP contribution in [-0.4, -0.2) is 27.4 Å². The van der Waals surface area contributed by atoms with Crippen molar-refractivity contribution >= 4 is 5.78 Å². The molecule has 1 heterocycles. The highest BCUT2D eigenvalue weighted by Crippen LogP contribution is 2.09. The maximum atomic E-state index is 11.3. The van der Waals surface area contributed by atoms with E-state index >= 15 is 0 Å². The number of benzene rings is 1. The SMILES string of the molecule is CC(=O)c1nnn(CCCOc2ccccc2)c1C. The van der Waals surface area contributed by atoms with Gasteiger partial charge in [0.25, 0.3) is 0 Å². The maximum Gasteiger partial charge on any atom is 0.181 e. The zero-order valence-electron chi connectivity index (χ0n) is 11.2. The van der Waals surface area contributed by atoms with Gasteiger partial charge in [-0.05, 0) is 19.1 Å². The summed E-state index contributed by atoms with van der Waals surface area (Å²) in [4.78, 5) is 11.3. The highest BCUT2D eigenvalue weighted by Gasteiger charge is 2.11. The van der Waals surface area contributed by atoms with Crippen LogP contribution in [0.2, 0.25) is 0 Å². The molecule has 19 heavy (non-hydrogen) atoms. The van der Waals surface area contributed by atoms with Gasteiger partial charge in [0, 0.05) is 19.9 Å². The molecule has 2 aromatic rings. The van der Waals surface area contributed by atoms with Gasteiger partial charge in [-0.25, -0.2) is 4.68 Å². The summed E-state index contributed by atoms with van der Waals surface area (Å²) in [7, 11) is 0. The minimum atomic E-state index is -0.0516. The lowest BCUT2D eigenvalue weighted by Gasteiger charge is -2.06. The minimum Gasteiger partial charge on any atom is -0.494 e. The van der Waals surface area contributed by atoms with Gasteiger partial charge in [-0.1, -0.05) is 23.4 Å². The fourth-order valence-corrected chi connectivity index (χ4v) is 1.82. The molecule has 5 nitrogen and oxygen atoms in total. The second-order valence-electron chi connectivity index (χ2n) is 4.32. The van der Waals surface area contributed by atoms with Crippen molar-refractivity contribution in [3.8, 4) is 5.75 Å². The molecule has 2 rings (SSSR count). The van der Waals surface area contributed by atoms with E-state index in [0.29, 0.717) is 18.8 Å². The molecule has 0 radical (unpaired) electrons. The van der Waals surface area contributed by atoms with Gasteiger partial charge in [-0.15, -0.1) is 5.10 Å². The Bertz CT molecular complexity index is 549. The number of hydrogen-bond donors (Lipinski definition) is 0. The smallest absolute Gasteiger partial charge is 0.181 e. The zero-order valence-corrected chi connectivity index (χ0v) is 11.2. The Kier molecular flexibility index (Phi) is 4.28. The number of ketones is 1. The summed E-state index contributed by atoms with van der Waals surface area (Å²) >= 11 is 0. The molecule has 0 saturated heterocycles. The number of ether oxygens (including phenoxy) is 1. The molecule has 0 unspecified atom stereocenters. The average molecular weight is 259 g/mol. The molecule has 0 aliphatic heterocycles. The van der Waals surface area contributed by atoms with Gasteiger partial charge in [-0.2, -0.15) is 0 Å². The van der Waals surface area contributed by atoms with Gasteiger partial charge in [-0.3, -0.25) is 4.79 Å². The third-order valence-electron chi connectivity index (χ3n) is 2.84. The maximum absolute atomic E-state index is 11.3. The van der Waals surface area contributed by atoms with E-state index in [1.54, 1.807) is 4.68 Å². The molecule has 0 saturated carbocycles. The lowest BCUT2D eigenvalue weighted by Crippen LogP contribution is -2.08. The average Bonchev–Trinajstić information content (AvgIpc) is 2.77. The molecule has 0 amide bonds. The molecular formula is C14H17N3O2. The van der Waals surface area contributed by atoms with Gasteiger partial charge in [0.2, 0.25) is 0 Å². The van der Waals surface area contributed by atoms with Crippen molar-refractivity contribution in [3.63, 3.8) is 0 Å². The Morgan fingerprint density at radius 2 is 2.05 bits per heavy atom. The third kappa shape index (κ3) is 3.40. The van der Waals surface area contributed by atoms with Crippen LogP contribution in [0.3, 0.4) is 0 Å². The predicted molar refractivity (Wildman–Crippen MR) is 71.3 cm³/mol. The summed E-state index contributed by atoms with van der Waals surface area (Å²) in [5.74, 6) is 0.812. The van der Waals surface area contributed by atoms with Crippen molar-refractivity contribution in [2.24, 2.45) is 0 Å². The van der Waals surface area contributed by atoms with Crippen LogP contribution in [-0.2, 0) is 6.54 Å². The molecule has 5 heteroatoms. The lowest BCUT2D eigenvalue weighted by molar-refractivity contribution is 0.101. The van der Waals surface area contributed by atoms with Crippen LogP contribution in [0.15, 0.2) is 30.3 Å². The van der Waals surface area contributed by atoms with Gasteiger partial charge >= 0.3 is 0 Å². The molecule has 0 N–H and O–H groups in total. The van der Waals surface area contributed by atoms with E-state index in [4.69, 9.17) is 4.74 Å². The Balaban J connectivity index is 1.82. The van der Waals surface area contributed by atoms with Crippen molar-refractivity contribution < 1.29 is 9.53 Å². The highest BCUT2D eigenvalue weighted by atomic mass is 16.5. The summed E-state index contributed by atoms with van der Waals surface area (Å²) < 4.78 is 7.33. The van der Waals surface area contributed by atoms with Crippen molar-refractivity contribution in [1.82, 2.24) is 15.0 Å². The third-order valence-corrected chi connectivity index (χ3v) is 2.84. The number of carbonyl (C=O) groups is 1. The number of Topliss-reactive ketones (excluding diaryl/α,β-unsaturated/α-hetero) is 1. The number of aromatic nitrogens is 3. The molecule has 1 aromatic carbocycles. The monoisotopic (exact) mass is 259 g/mol. The Morgan fingerprint density at radius 1 is 1.32 bits per heavy atom. The van der Waals surface area contributed by atoms with E-state index in [9.17, 15) is 4.79 Å². The largest absolute Gasteiger partial charge is 0.494 e. The van der Waals surface area contributed by atoms with Crippen molar-refractivity contribution in [2.75, 3.05) is 6.61 Å². The number of aryl methyl sites for hydroxylation is 1. The summed E-state index contributed by atoms with van der Waals surface area (Å²) in [6.07, 6.45) is 0.816. The molecule has 0 atom stereocenters. The molecular weight excluding hydrogens is 242 g/mol. The van der Waals surface area contributed by atoms with E-state index in [2.05, 4.69) is 10.3 Å². The standard InChI is InChI=1S/C14H17N3O2/c1-11-14(12(2)18)15-16-17(11)9-6-10-19-13-7-4-3-5-8-13/h3-5,7-8H,6,9-10H2,1-2H3. The van der Waals surface area contributed by atoms with Crippen LogP contribution >= 0.6 is 0 Å². The summed E-state index contributed by atoms with van der Waals surface area (Å²) in [6, 6.07) is 9.68. The molecule has 1 aromatic heterocycles. The number of carbonyl (C=O) groups excluding carboxylic acids is 1. The van der Waals surface area contributed by atoms with Crippen LogP contribution in [0.1, 0.15) is 29.5 Å². The van der Waals surface area contributed by atoms with Crippen LogP contribution < -0.4 is 4.74 Å². The first-order valence-electron chi connectivity index (χ1n) is 6.27. The number of hydrogen-bond acceptors (Lipinski definition) is 4. The highest BCUT2D eigenvalue weighted by molar-refractivity contribution is 5.92. The van der Waals surface area contributed by atoms with Crippen LogP contribution in [0.25, 0.3) is 0 Å². The summed E-state index contributed by atoms with van der Waals surface area (Å²) in [6.45, 7) is 4.66. The fourth-order valence-electron chi connectivity index (χ4n) is 1.82. The first kappa shape index (κ1) is 13.3. The molecule has 100 valence electrons. The van der Waals surface area contributed by atoms with Gasteiger partial charge < -0.3 is 4.74 Å². The predicted octanol–water partition coefficient (Wildman–Crippen LogP) is 2.26. The van der Waals surface area contributed by atoms with Gasteiger partial charge in [0.1, 0.15) is 5.75 Å². The van der Waals surface area contributed by atoms with Crippen molar-refractivity contribution in [3.05, 3.63) is 41.7 Å². The molecule has 0 aliphatic rings. The Morgan fingerprint density at radius 3 is 2.68 bits per heavy atom. The number of rotatable bonds is 6. The van der Waals surface area contributed by atoms with Crippen molar-refractivity contribution in [1.29, 1.82) is 0 Å². The number of nitrogens with zero attached hydrogens (tertiary/aromatic N) is 3. The van der Waals surface area contributed by atoms with E-state index < -0.39 is 0 Å². The minimum absolute atomic E-state index is 0.0516. The van der Waals surface area contributed by atoms with Crippen LogP contribution in [0, 0.1) is 6.92 Å². The second kappa shape index (κ2) is 6.13. The summed E-state index contributed by atoms with van der Waals surface area (Å²) in [5.41, 5.74) is 1.26.